The predicted molar refractivity (Wildman–Crippen MR) is 124 cm³/mol. The Morgan fingerprint density at radius 2 is 1.48 bits per heavy atom. The summed E-state index contributed by atoms with van der Waals surface area (Å²) in [5.41, 5.74) is 2.73. The first-order valence-corrected chi connectivity index (χ1v) is 11.1. The molecular formula is C27H25N3O3. The molecule has 166 valence electrons. The van der Waals surface area contributed by atoms with Gasteiger partial charge in [-0.05, 0) is 28.7 Å². The summed E-state index contributed by atoms with van der Waals surface area (Å²) in [4.78, 5) is 42.6. The molecule has 1 unspecified atom stereocenters. The van der Waals surface area contributed by atoms with Gasteiger partial charge in [-0.1, -0.05) is 84.9 Å². The third kappa shape index (κ3) is 3.89. The number of rotatable bonds is 5. The Hall–Kier alpha value is -3.93. The summed E-state index contributed by atoms with van der Waals surface area (Å²) in [7, 11) is 0. The van der Waals surface area contributed by atoms with Gasteiger partial charge in [0.2, 0.25) is 5.91 Å². The second-order valence-electron chi connectivity index (χ2n) is 8.59. The second-order valence-corrected chi connectivity index (χ2v) is 8.59. The van der Waals surface area contributed by atoms with E-state index in [1.807, 2.05) is 78.9 Å². The van der Waals surface area contributed by atoms with Crippen LogP contribution in [0.15, 0.2) is 84.9 Å². The molecule has 3 aromatic rings. The van der Waals surface area contributed by atoms with Crippen molar-refractivity contribution in [1.82, 2.24) is 15.1 Å². The highest BCUT2D eigenvalue weighted by Crippen LogP contribution is 2.33. The minimum atomic E-state index is -1.24. The van der Waals surface area contributed by atoms with E-state index in [2.05, 4.69) is 11.4 Å². The molecule has 0 aromatic heterocycles. The summed E-state index contributed by atoms with van der Waals surface area (Å²) in [6.07, 6.45) is 1.08. The van der Waals surface area contributed by atoms with Gasteiger partial charge >= 0.3 is 6.03 Å². The first-order valence-electron chi connectivity index (χ1n) is 11.1. The Morgan fingerprint density at radius 1 is 0.848 bits per heavy atom. The SMILES string of the molecule is O=C(CN1C(=O)NC(Cc2ccccc2)(c2ccccc2)C1=O)N1CCc2ccccc2C1. The first-order chi connectivity index (χ1) is 16.1. The maximum atomic E-state index is 13.7. The largest absolute Gasteiger partial charge is 0.336 e. The molecule has 5 rings (SSSR count). The fraction of sp³-hybridized carbons (Fsp3) is 0.222. The molecule has 0 saturated carbocycles. The summed E-state index contributed by atoms with van der Waals surface area (Å²) in [6.45, 7) is 0.802. The number of hydrogen-bond acceptors (Lipinski definition) is 3. The van der Waals surface area contributed by atoms with Gasteiger partial charge in [-0.3, -0.25) is 14.5 Å². The van der Waals surface area contributed by atoms with Crippen LogP contribution in [0.2, 0.25) is 0 Å². The number of hydrogen-bond donors (Lipinski definition) is 1. The Morgan fingerprint density at radius 3 is 2.21 bits per heavy atom. The Kier molecular flexibility index (Phi) is 5.42. The van der Waals surface area contributed by atoms with Crippen molar-refractivity contribution in [2.75, 3.05) is 13.1 Å². The summed E-state index contributed by atoms with van der Waals surface area (Å²) in [5.74, 6) is -0.620. The first kappa shape index (κ1) is 20.9. The van der Waals surface area contributed by atoms with E-state index in [1.165, 1.54) is 5.56 Å². The van der Waals surface area contributed by atoms with Crippen LogP contribution in [0, 0.1) is 0 Å². The second kappa shape index (κ2) is 8.54. The van der Waals surface area contributed by atoms with Crippen molar-refractivity contribution >= 4 is 17.8 Å². The van der Waals surface area contributed by atoms with E-state index in [4.69, 9.17) is 0 Å². The average molecular weight is 440 g/mol. The molecule has 6 heteroatoms. The minimum Gasteiger partial charge on any atom is -0.336 e. The number of fused-ring (bicyclic) bond motifs is 1. The molecule has 1 saturated heterocycles. The quantitative estimate of drug-likeness (QED) is 0.621. The zero-order chi connectivity index (χ0) is 22.8. The minimum absolute atomic E-state index is 0.225. The van der Waals surface area contributed by atoms with E-state index in [1.54, 1.807) is 4.90 Å². The number of nitrogens with zero attached hydrogens (tertiary/aromatic N) is 2. The van der Waals surface area contributed by atoms with E-state index >= 15 is 0 Å². The number of urea groups is 1. The van der Waals surface area contributed by atoms with Crippen LogP contribution in [0.1, 0.15) is 22.3 Å². The van der Waals surface area contributed by atoms with E-state index in [-0.39, 0.29) is 12.5 Å². The zero-order valence-electron chi connectivity index (χ0n) is 18.2. The highest BCUT2D eigenvalue weighted by Gasteiger charge is 2.53. The maximum Gasteiger partial charge on any atom is 0.325 e. The molecule has 33 heavy (non-hydrogen) atoms. The summed E-state index contributed by atoms with van der Waals surface area (Å²) in [5, 5.41) is 2.92. The maximum absolute atomic E-state index is 13.7. The number of carbonyl (C=O) groups is 3. The topological polar surface area (TPSA) is 69.7 Å². The van der Waals surface area contributed by atoms with Crippen molar-refractivity contribution in [3.8, 4) is 0 Å². The molecule has 1 fully saturated rings. The van der Waals surface area contributed by atoms with Crippen molar-refractivity contribution in [2.24, 2.45) is 0 Å². The molecule has 2 heterocycles. The molecule has 2 aliphatic heterocycles. The number of nitrogens with one attached hydrogen (secondary N) is 1. The van der Waals surface area contributed by atoms with Crippen LogP contribution < -0.4 is 5.32 Å². The fourth-order valence-electron chi connectivity index (χ4n) is 4.76. The summed E-state index contributed by atoms with van der Waals surface area (Å²) >= 11 is 0. The van der Waals surface area contributed by atoms with Crippen LogP contribution in [-0.4, -0.2) is 40.7 Å². The Labute approximate surface area is 192 Å². The highest BCUT2D eigenvalue weighted by molar-refractivity contribution is 6.09. The molecule has 0 bridgehead atoms. The molecule has 2 aliphatic rings. The fourth-order valence-corrected chi connectivity index (χ4v) is 4.76. The van der Waals surface area contributed by atoms with Crippen LogP contribution in [0.5, 0.6) is 0 Å². The monoisotopic (exact) mass is 439 g/mol. The van der Waals surface area contributed by atoms with E-state index < -0.39 is 17.5 Å². The van der Waals surface area contributed by atoms with Crippen LogP contribution in [0.3, 0.4) is 0 Å². The summed E-state index contributed by atoms with van der Waals surface area (Å²) in [6, 6.07) is 26.4. The van der Waals surface area contributed by atoms with Crippen LogP contribution >= 0.6 is 0 Å². The molecular weight excluding hydrogens is 414 g/mol. The van der Waals surface area contributed by atoms with Crippen molar-refractivity contribution in [2.45, 2.75) is 24.9 Å². The van der Waals surface area contributed by atoms with Gasteiger partial charge in [-0.2, -0.15) is 0 Å². The van der Waals surface area contributed by atoms with Crippen molar-refractivity contribution < 1.29 is 14.4 Å². The zero-order valence-corrected chi connectivity index (χ0v) is 18.2. The van der Waals surface area contributed by atoms with E-state index in [9.17, 15) is 14.4 Å². The van der Waals surface area contributed by atoms with Gasteiger partial charge in [0.1, 0.15) is 6.54 Å². The van der Waals surface area contributed by atoms with Gasteiger partial charge < -0.3 is 10.2 Å². The lowest BCUT2D eigenvalue weighted by Gasteiger charge is -2.30. The molecule has 6 nitrogen and oxygen atoms in total. The van der Waals surface area contributed by atoms with Crippen molar-refractivity contribution in [3.05, 3.63) is 107 Å². The molecule has 1 atom stereocenters. The lowest BCUT2D eigenvalue weighted by molar-refractivity contribution is -0.139. The number of carbonyl (C=O) groups excluding carboxylic acids is 3. The van der Waals surface area contributed by atoms with E-state index in [0.717, 1.165) is 22.4 Å². The van der Waals surface area contributed by atoms with Gasteiger partial charge in [-0.25, -0.2) is 4.79 Å². The normalized spacial score (nSPS) is 19.9. The number of benzene rings is 3. The van der Waals surface area contributed by atoms with Gasteiger partial charge in [0, 0.05) is 19.5 Å². The van der Waals surface area contributed by atoms with Gasteiger partial charge in [0.15, 0.2) is 5.54 Å². The molecule has 0 spiro atoms. The number of imide groups is 1. The Bertz CT molecular complexity index is 1200. The van der Waals surface area contributed by atoms with Crippen LogP contribution in [0.4, 0.5) is 4.79 Å². The van der Waals surface area contributed by atoms with Gasteiger partial charge in [-0.15, -0.1) is 0 Å². The standard InChI is InChI=1S/C27H25N3O3/c31-24(29-16-15-21-11-7-8-12-22(21)18-29)19-30-25(32)27(28-26(30)33,23-13-5-2-6-14-23)17-20-9-3-1-4-10-20/h1-14H,15-19H2,(H,28,33). The third-order valence-electron chi connectivity index (χ3n) is 6.53. The lowest BCUT2D eigenvalue weighted by atomic mass is 9.83. The third-order valence-corrected chi connectivity index (χ3v) is 6.53. The number of amides is 4. The summed E-state index contributed by atoms with van der Waals surface area (Å²) < 4.78 is 0. The molecule has 4 amide bonds. The highest BCUT2D eigenvalue weighted by atomic mass is 16.2. The van der Waals surface area contributed by atoms with Crippen molar-refractivity contribution in [3.63, 3.8) is 0 Å². The molecule has 3 aromatic carbocycles. The van der Waals surface area contributed by atoms with Crippen LogP contribution in [0.25, 0.3) is 0 Å². The Balaban J connectivity index is 1.40. The van der Waals surface area contributed by atoms with Crippen LogP contribution in [-0.2, 0) is 34.5 Å². The van der Waals surface area contributed by atoms with Gasteiger partial charge in [0.05, 0.1) is 0 Å². The predicted octanol–water partition coefficient (Wildman–Crippen LogP) is 3.26. The molecule has 0 aliphatic carbocycles. The lowest BCUT2D eigenvalue weighted by Crippen LogP contribution is -2.47. The van der Waals surface area contributed by atoms with Gasteiger partial charge in [0.25, 0.3) is 5.91 Å². The average Bonchev–Trinajstić information content (AvgIpc) is 3.09. The van der Waals surface area contributed by atoms with E-state index in [0.29, 0.717) is 25.1 Å². The molecule has 0 radical (unpaired) electrons. The van der Waals surface area contributed by atoms with Crippen molar-refractivity contribution in [1.29, 1.82) is 0 Å². The molecule has 1 N–H and O–H groups in total. The smallest absolute Gasteiger partial charge is 0.325 e.